The highest BCUT2D eigenvalue weighted by Gasteiger charge is 2.53. The Bertz CT molecular complexity index is 930. The monoisotopic (exact) mass is 651 g/mol. The first-order valence-corrected chi connectivity index (χ1v) is 15.8. The molecule has 3 aliphatic heterocycles. The minimum absolute atomic E-state index is 0.0119. The van der Waals surface area contributed by atoms with Crippen LogP contribution >= 0.6 is 0 Å². The van der Waals surface area contributed by atoms with Crippen LogP contribution < -0.4 is 39.7 Å². The summed E-state index contributed by atoms with van der Waals surface area (Å²) in [5, 5.41) is 45.6. The second-order valence-corrected chi connectivity index (χ2v) is 12.3. The van der Waals surface area contributed by atoms with Gasteiger partial charge in [-0.2, -0.15) is 0 Å². The van der Waals surface area contributed by atoms with Crippen molar-refractivity contribution < 1.29 is 53.6 Å². The van der Waals surface area contributed by atoms with Gasteiger partial charge >= 0.3 is 0 Å². The summed E-state index contributed by atoms with van der Waals surface area (Å²) in [6, 6.07) is -2.86. The Balaban J connectivity index is 1.53. The molecule has 18 heteroatoms. The van der Waals surface area contributed by atoms with E-state index < -0.39 is 98.3 Å². The molecule has 0 radical (unpaired) electrons. The first-order valence-electron chi connectivity index (χ1n) is 15.8. The molecule has 16 atom stereocenters. The van der Waals surface area contributed by atoms with E-state index in [0.717, 1.165) is 0 Å². The molecule has 4 fully saturated rings. The zero-order valence-electron chi connectivity index (χ0n) is 25.4. The van der Waals surface area contributed by atoms with Crippen LogP contribution in [0.5, 0.6) is 0 Å². The number of nitrogens with one attached hydrogen (secondary N) is 1. The van der Waals surface area contributed by atoms with E-state index in [-0.39, 0.29) is 44.7 Å². The van der Waals surface area contributed by atoms with Gasteiger partial charge in [0.25, 0.3) is 0 Å². The molecule has 0 aromatic rings. The fourth-order valence-electron chi connectivity index (χ4n) is 6.24. The molecule has 45 heavy (non-hydrogen) atoms. The predicted octanol–water partition coefficient (Wildman–Crippen LogP) is -5.91. The number of aliphatic hydroxyl groups excluding tert-OH is 4. The number of hydrogen-bond acceptors (Lipinski definition) is 17. The average molecular weight is 652 g/mol. The van der Waals surface area contributed by atoms with Gasteiger partial charge in [-0.25, -0.2) is 0 Å². The highest BCUT2D eigenvalue weighted by Crippen LogP contribution is 2.34. The second kappa shape index (κ2) is 16.8. The molecule has 0 unspecified atom stereocenters. The number of hydrogen-bond donors (Lipinski definition) is 11. The lowest BCUT2D eigenvalue weighted by Gasteiger charge is -2.46. The molecule has 262 valence electrons. The Labute approximate surface area is 262 Å². The Morgan fingerprint density at radius 1 is 0.778 bits per heavy atom. The summed E-state index contributed by atoms with van der Waals surface area (Å²) in [4.78, 5) is 12.6. The topological polar surface area (TPSA) is 322 Å². The van der Waals surface area contributed by atoms with Crippen LogP contribution in [0, 0.1) is 0 Å². The molecule has 0 aromatic heterocycles. The molecule has 3 saturated heterocycles. The lowest BCUT2D eigenvalue weighted by Crippen LogP contribution is -2.67. The first kappa shape index (κ1) is 36.7. The lowest BCUT2D eigenvalue weighted by molar-refractivity contribution is -0.288. The fourth-order valence-corrected chi connectivity index (χ4v) is 6.24. The lowest BCUT2D eigenvalue weighted by atomic mass is 9.83. The van der Waals surface area contributed by atoms with Crippen LogP contribution in [0.1, 0.15) is 38.5 Å². The molecule has 0 bridgehead atoms. The number of carbonyl (C=O) groups is 1. The van der Waals surface area contributed by atoms with Gasteiger partial charge < -0.3 is 88.6 Å². The summed E-state index contributed by atoms with van der Waals surface area (Å²) < 4.78 is 36.0. The van der Waals surface area contributed by atoms with Gasteiger partial charge in [0.1, 0.15) is 42.7 Å². The maximum Gasteiger partial charge on any atom is 0.249 e. The molecule has 1 aliphatic carbocycles. The van der Waals surface area contributed by atoms with Crippen LogP contribution in [0.4, 0.5) is 0 Å². The minimum atomic E-state index is -1.48. The Morgan fingerprint density at radius 2 is 1.33 bits per heavy atom. The third-order valence-corrected chi connectivity index (χ3v) is 8.96. The van der Waals surface area contributed by atoms with Gasteiger partial charge in [0.2, 0.25) is 5.91 Å². The molecule has 4 aliphatic rings. The number of aliphatic hydroxyl groups is 4. The van der Waals surface area contributed by atoms with Crippen molar-refractivity contribution in [3.63, 3.8) is 0 Å². The van der Waals surface area contributed by atoms with E-state index in [1.54, 1.807) is 0 Å². The summed E-state index contributed by atoms with van der Waals surface area (Å²) in [7, 11) is 0. The van der Waals surface area contributed by atoms with Crippen molar-refractivity contribution >= 4 is 5.91 Å². The predicted molar refractivity (Wildman–Crippen MR) is 156 cm³/mol. The molecule has 0 spiro atoms. The van der Waals surface area contributed by atoms with E-state index in [1.807, 2.05) is 0 Å². The van der Waals surface area contributed by atoms with Gasteiger partial charge in [-0.05, 0) is 45.1 Å². The van der Waals surface area contributed by atoms with Crippen molar-refractivity contribution in [2.45, 2.75) is 136 Å². The zero-order valence-corrected chi connectivity index (χ0v) is 25.4. The Kier molecular flexibility index (Phi) is 13.7. The minimum Gasteiger partial charge on any atom is -0.394 e. The van der Waals surface area contributed by atoms with E-state index in [2.05, 4.69) is 5.32 Å². The van der Waals surface area contributed by atoms with Crippen LogP contribution in [0.3, 0.4) is 0 Å². The smallest absolute Gasteiger partial charge is 0.249 e. The van der Waals surface area contributed by atoms with Crippen LogP contribution in [0.2, 0.25) is 0 Å². The van der Waals surface area contributed by atoms with E-state index in [0.29, 0.717) is 25.7 Å². The highest BCUT2D eigenvalue weighted by molar-refractivity contribution is 5.80. The summed E-state index contributed by atoms with van der Waals surface area (Å²) >= 11 is 0. The average Bonchev–Trinajstić information content (AvgIpc) is 3.32. The van der Waals surface area contributed by atoms with Gasteiger partial charge in [-0.3, -0.25) is 4.79 Å². The van der Waals surface area contributed by atoms with Crippen molar-refractivity contribution in [2.75, 3.05) is 26.2 Å². The van der Waals surface area contributed by atoms with Crippen molar-refractivity contribution in [1.29, 1.82) is 0 Å². The highest BCUT2D eigenvalue weighted by atomic mass is 16.8. The van der Waals surface area contributed by atoms with Crippen LogP contribution in [0.15, 0.2) is 0 Å². The maximum atomic E-state index is 12.6. The molecule has 1 amide bonds. The molecular formula is C27H53N7O11. The number of rotatable bonds is 13. The molecule has 18 nitrogen and oxygen atoms in total. The molecular weight excluding hydrogens is 598 g/mol. The third kappa shape index (κ3) is 8.85. The van der Waals surface area contributed by atoms with E-state index >= 15 is 0 Å². The van der Waals surface area contributed by atoms with Gasteiger partial charge in [-0.15, -0.1) is 0 Å². The molecule has 1 saturated carbocycles. The summed E-state index contributed by atoms with van der Waals surface area (Å²) in [6.45, 7) is 0.0370. The number of carbonyl (C=O) groups excluding carboxylic acids is 1. The Morgan fingerprint density at radius 3 is 1.87 bits per heavy atom. The Hall–Kier alpha value is -1.17. The van der Waals surface area contributed by atoms with Crippen molar-refractivity contribution in [1.82, 2.24) is 5.32 Å². The van der Waals surface area contributed by atoms with Crippen LogP contribution in [0.25, 0.3) is 0 Å². The molecule has 0 aromatic carbocycles. The summed E-state index contributed by atoms with van der Waals surface area (Å²) in [5.74, 6) is -0.746. The van der Waals surface area contributed by atoms with E-state index in [4.69, 9.17) is 62.8 Å². The number of nitrogens with two attached hydrogens (primary N) is 6. The molecule has 17 N–H and O–H groups in total. The van der Waals surface area contributed by atoms with Crippen molar-refractivity contribution in [2.24, 2.45) is 34.4 Å². The van der Waals surface area contributed by atoms with Crippen molar-refractivity contribution in [3.05, 3.63) is 0 Å². The molecule has 3 heterocycles. The van der Waals surface area contributed by atoms with Gasteiger partial charge in [0.05, 0.1) is 36.9 Å². The summed E-state index contributed by atoms with van der Waals surface area (Å²) in [6.07, 6.45) is -10.3. The second-order valence-electron chi connectivity index (χ2n) is 12.3. The van der Waals surface area contributed by atoms with E-state index in [1.165, 1.54) is 0 Å². The van der Waals surface area contributed by atoms with Crippen LogP contribution in [-0.2, 0) is 33.2 Å². The van der Waals surface area contributed by atoms with Gasteiger partial charge in [-0.1, -0.05) is 0 Å². The van der Waals surface area contributed by atoms with Crippen LogP contribution in [-0.4, -0.2) is 151 Å². The fraction of sp³-hybridized carbons (Fsp3) is 0.963. The summed E-state index contributed by atoms with van der Waals surface area (Å²) in [5.41, 5.74) is 36.1. The number of ether oxygens (including phenoxy) is 6. The largest absolute Gasteiger partial charge is 0.394 e. The normalized spacial score (nSPS) is 44.9. The number of amides is 1. The van der Waals surface area contributed by atoms with E-state index in [9.17, 15) is 25.2 Å². The third-order valence-electron chi connectivity index (χ3n) is 8.96. The zero-order chi connectivity index (χ0) is 32.8. The molecule has 4 rings (SSSR count). The standard InChI is InChI=1S/C27H53N7O11/c28-6-5-17(36)24(39)34-16-7-15(33)21(43-25-13(31)3-1-11(8-29)40-25)23(19(16)37)45-27-20(38)22(18(10-35)42-27)44-26-14(32)4-2-12(9-30)41-26/h11-23,25-27,35-38H,1-10,28-33H2,(H,34,39)/t11-,12-,13+,14+,15-,16+,17-,18+,19-,20+,21+,22+,23+,25+,26+,27-/m0/s1. The van der Waals surface area contributed by atoms with Gasteiger partial charge in [0.15, 0.2) is 18.9 Å². The van der Waals surface area contributed by atoms with Gasteiger partial charge in [0, 0.05) is 19.1 Å². The quantitative estimate of drug-likeness (QED) is 0.0883. The first-order chi connectivity index (χ1) is 21.5. The SMILES string of the molecule is NCC[C@H](O)C(=O)N[C@@H]1C[C@H](N)[C@@H](O[C@H]2O[C@H](CN)CC[C@H]2N)[C@H](O[C@@H]2O[C@H](CO)[C@@H](O[C@H]3O[C@H](CN)CC[C@H]3N)[C@H]2O)[C@H]1O. The van der Waals surface area contributed by atoms with Crippen molar-refractivity contribution in [3.8, 4) is 0 Å². The maximum absolute atomic E-state index is 12.6.